The van der Waals surface area contributed by atoms with Gasteiger partial charge in [0.1, 0.15) is 5.84 Å². The highest BCUT2D eigenvalue weighted by molar-refractivity contribution is 5.94. The van der Waals surface area contributed by atoms with E-state index in [1.165, 1.54) is 0 Å². The van der Waals surface area contributed by atoms with E-state index in [-0.39, 0.29) is 0 Å². The standard InChI is InChI=1S/C8H14N2/c1-6(2)9-8(5)10-7(3)4/h1H2,2-5H3/b9-8-. The van der Waals surface area contributed by atoms with Gasteiger partial charge in [0.25, 0.3) is 0 Å². The van der Waals surface area contributed by atoms with Crippen molar-refractivity contribution < 1.29 is 0 Å². The van der Waals surface area contributed by atoms with Crippen molar-refractivity contribution >= 4 is 11.5 Å². The Balaban J connectivity index is 4.22. The predicted molar refractivity (Wildman–Crippen MR) is 46.7 cm³/mol. The molecule has 0 aliphatic rings. The second-order valence-corrected chi connectivity index (χ2v) is 2.45. The van der Waals surface area contributed by atoms with Crippen molar-refractivity contribution in [1.82, 2.24) is 0 Å². The van der Waals surface area contributed by atoms with Crippen LogP contribution in [0, 0.1) is 0 Å². The summed E-state index contributed by atoms with van der Waals surface area (Å²) in [5, 5.41) is 0. The number of nitrogens with zero attached hydrogens (tertiary/aromatic N) is 2. The Kier molecular flexibility index (Phi) is 3.62. The SMILES string of the molecule is C=C(C)/N=C(/C)N=C(C)C. The quantitative estimate of drug-likeness (QED) is 0.392. The molecule has 0 N–H and O–H groups in total. The largest absolute Gasteiger partial charge is 0.243 e. The highest BCUT2D eigenvalue weighted by Gasteiger charge is 1.84. The van der Waals surface area contributed by atoms with Crippen molar-refractivity contribution in [3.8, 4) is 0 Å². The molecule has 0 aliphatic carbocycles. The normalized spacial score (nSPS) is 11.0. The first kappa shape index (κ1) is 9.08. The summed E-state index contributed by atoms with van der Waals surface area (Å²) in [6.45, 7) is 11.2. The van der Waals surface area contributed by atoms with Gasteiger partial charge in [-0.05, 0) is 27.7 Å². The van der Waals surface area contributed by atoms with E-state index in [2.05, 4.69) is 16.6 Å². The third-order valence-corrected chi connectivity index (χ3v) is 0.738. The molecule has 0 rings (SSSR count). The average Bonchev–Trinajstić information content (AvgIpc) is 1.58. The molecule has 0 heterocycles. The van der Waals surface area contributed by atoms with Gasteiger partial charge in [0.2, 0.25) is 0 Å². The maximum atomic E-state index is 4.12. The van der Waals surface area contributed by atoms with Crippen LogP contribution in [0.15, 0.2) is 22.3 Å². The minimum Gasteiger partial charge on any atom is -0.243 e. The minimum absolute atomic E-state index is 0.771. The van der Waals surface area contributed by atoms with Crippen LogP contribution < -0.4 is 0 Å². The number of aliphatic imine (C=N–C) groups is 2. The highest BCUT2D eigenvalue weighted by Crippen LogP contribution is 1.91. The fourth-order valence-corrected chi connectivity index (χ4v) is 0.625. The van der Waals surface area contributed by atoms with E-state index >= 15 is 0 Å². The molecule has 0 saturated heterocycles. The van der Waals surface area contributed by atoms with E-state index < -0.39 is 0 Å². The van der Waals surface area contributed by atoms with Crippen LogP contribution in [0.3, 0.4) is 0 Å². The molecule has 0 bridgehead atoms. The predicted octanol–water partition coefficient (Wildman–Crippen LogP) is 2.42. The zero-order chi connectivity index (χ0) is 8.15. The lowest BCUT2D eigenvalue weighted by atomic mass is 10.5. The summed E-state index contributed by atoms with van der Waals surface area (Å²) in [5.41, 5.74) is 1.81. The molecule has 0 atom stereocenters. The first-order valence-electron chi connectivity index (χ1n) is 3.25. The van der Waals surface area contributed by atoms with E-state index in [1.54, 1.807) is 0 Å². The molecule has 10 heavy (non-hydrogen) atoms. The van der Waals surface area contributed by atoms with Gasteiger partial charge in [0.05, 0.1) is 0 Å². The van der Waals surface area contributed by atoms with Gasteiger partial charge < -0.3 is 0 Å². The monoisotopic (exact) mass is 138 g/mol. The molecular formula is C8H14N2. The summed E-state index contributed by atoms with van der Waals surface area (Å²) < 4.78 is 0. The highest BCUT2D eigenvalue weighted by atomic mass is 14.9. The van der Waals surface area contributed by atoms with Crippen LogP contribution in [0.1, 0.15) is 27.7 Å². The number of hydrogen-bond acceptors (Lipinski definition) is 1. The molecular weight excluding hydrogens is 124 g/mol. The molecule has 0 spiro atoms. The summed E-state index contributed by atoms with van der Waals surface area (Å²) in [5.74, 6) is 0.771. The lowest BCUT2D eigenvalue weighted by Crippen LogP contribution is -1.90. The number of rotatable bonds is 1. The van der Waals surface area contributed by atoms with Gasteiger partial charge in [-0.3, -0.25) is 0 Å². The van der Waals surface area contributed by atoms with E-state index in [0.717, 1.165) is 17.2 Å². The lowest BCUT2D eigenvalue weighted by Gasteiger charge is -1.92. The molecule has 0 unspecified atom stereocenters. The van der Waals surface area contributed by atoms with Crippen LogP contribution in [-0.2, 0) is 0 Å². The first-order chi connectivity index (χ1) is 4.52. The Morgan fingerprint density at radius 2 is 1.50 bits per heavy atom. The van der Waals surface area contributed by atoms with Gasteiger partial charge in [-0.1, -0.05) is 6.58 Å². The summed E-state index contributed by atoms with van der Waals surface area (Å²) >= 11 is 0. The van der Waals surface area contributed by atoms with E-state index in [4.69, 9.17) is 0 Å². The molecule has 0 saturated carbocycles. The Labute approximate surface area is 62.4 Å². The molecule has 2 heteroatoms. The third-order valence-electron chi connectivity index (χ3n) is 0.738. The maximum absolute atomic E-state index is 4.12. The van der Waals surface area contributed by atoms with E-state index in [9.17, 15) is 0 Å². The fourth-order valence-electron chi connectivity index (χ4n) is 0.625. The molecule has 2 nitrogen and oxygen atoms in total. The molecule has 0 fully saturated rings. The number of hydrogen-bond donors (Lipinski definition) is 0. The van der Waals surface area contributed by atoms with Gasteiger partial charge >= 0.3 is 0 Å². The van der Waals surface area contributed by atoms with Gasteiger partial charge in [-0.2, -0.15) is 0 Å². The molecule has 0 aromatic heterocycles. The summed E-state index contributed by atoms with van der Waals surface area (Å²) in [7, 11) is 0. The van der Waals surface area contributed by atoms with Gasteiger partial charge in [0, 0.05) is 11.4 Å². The molecule has 0 radical (unpaired) electrons. The first-order valence-corrected chi connectivity index (χ1v) is 3.25. The van der Waals surface area contributed by atoms with Gasteiger partial charge in [-0.15, -0.1) is 0 Å². The Morgan fingerprint density at radius 3 is 1.80 bits per heavy atom. The second-order valence-electron chi connectivity index (χ2n) is 2.45. The van der Waals surface area contributed by atoms with Crippen LogP contribution in [0.5, 0.6) is 0 Å². The summed E-state index contributed by atoms with van der Waals surface area (Å²) in [4.78, 5) is 8.18. The van der Waals surface area contributed by atoms with Crippen molar-refractivity contribution in [3.63, 3.8) is 0 Å². The smallest absolute Gasteiger partial charge is 0.125 e. The maximum Gasteiger partial charge on any atom is 0.125 e. The zero-order valence-corrected chi connectivity index (χ0v) is 7.10. The molecule has 0 aromatic carbocycles. The van der Waals surface area contributed by atoms with Crippen molar-refractivity contribution in [3.05, 3.63) is 12.3 Å². The molecule has 0 aromatic rings. The Hall–Kier alpha value is -0.920. The van der Waals surface area contributed by atoms with Crippen molar-refractivity contribution in [2.75, 3.05) is 0 Å². The zero-order valence-electron chi connectivity index (χ0n) is 7.10. The Bertz CT molecular complexity index is 183. The van der Waals surface area contributed by atoms with Crippen molar-refractivity contribution in [2.45, 2.75) is 27.7 Å². The van der Waals surface area contributed by atoms with Crippen LogP contribution in [0.25, 0.3) is 0 Å². The number of allylic oxidation sites excluding steroid dienone is 1. The topological polar surface area (TPSA) is 24.7 Å². The minimum atomic E-state index is 0.771. The molecule has 0 aliphatic heterocycles. The lowest BCUT2D eigenvalue weighted by molar-refractivity contribution is 1.29. The fraction of sp³-hybridized carbons (Fsp3) is 0.500. The third kappa shape index (κ3) is 5.22. The van der Waals surface area contributed by atoms with Crippen LogP contribution in [0.4, 0.5) is 0 Å². The van der Waals surface area contributed by atoms with Crippen molar-refractivity contribution in [1.29, 1.82) is 0 Å². The second kappa shape index (κ2) is 3.99. The van der Waals surface area contributed by atoms with Crippen molar-refractivity contribution in [2.24, 2.45) is 9.98 Å². The average molecular weight is 138 g/mol. The molecule has 0 amide bonds. The van der Waals surface area contributed by atoms with Gasteiger partial charge in [0.15, 0.2) is 0 Å². The van der Waals surface area contributed by atoms with Gasteiger partial charge in [-0.25, -0.2) is 9.98 Å². The van der Waals surface area contributed by atoms with Crippen LogP contribution in [-0.4, -0.2) is 11.5 Å². The summed E-state index contributed by atoms with van der Waals surface area (Å²) in [6.07, 6.45) is 0. The van der Waals surface area contributed by atoms with Crippen LogP contribution >= 0.6 is 0 Å². The number of amidine groups is 1. The van der Waals surface area contributed by atoms with Crippen LogP contribution in [0.2, 0.25) is 0 Å². The Morgan fingerprint density at radius 1 is 1.00 bits per heavy atom. The molecule has 56 valence electrons. The summed E-state index contributed by atoms with van der Waals surface area (Å²) in [6, 6.07) is 0. The van der Waals surface area contributed by atoms with E-state index in [1.807, 2.05) is 27.7 Å². The van der Waals surface area contributed by atoms with E-state index in [0.29, 0.717) is 0 Å².